The van der Waals surface area contributed by atoms with Crippen molar-refractivity contribution >= 4 is 5.97 Å². The normalized spacial score (nSPS) is 42.3. The highest BCUT2D eigenvalue weighted by atomic mass is 16.5. The van der Waals surface area contributed by atoms with Crippen LogP contribution in [0.25, 0.3) is 0 Å². The minimum Gasteiger partial charge on any atom is -0.468 e. The molecule has 0 unspecified atom stereocenters. The van der Waals surface area contributed by atoms with Crippen molar-refractivity contribution in [1.29, 1.82) is 0 Å². The lowest BCUT2D eigenvalue weighted by atomic mass is 9.74. The Balaban J connectivity index is 2.21. The number of ether oxygens (including phenoxy) is 2. The van der Waals surface area contributed by atoms with E-state index in [9.17, 15) is 4.79 Å². The fourth-order valence-corrected chi connectivity index (χ4v) is 2.52. The number of carbonyl (C=O) groups excluding carboxylic acids is 1. The first kappa shape index (κ1) is 8.97. The Bertz CT molecular complexity index is 231. The molecule has 2 heterocycles. The minimum atomic E-state index is -0.544. The number of rotatable bonds is 2. The summed E-state index contributed by atoms with van der Waals surface area (Å²) < 4.78 is 10.4. The third-order valence-electron chi connectivity index (χ3n) is 3.27. The molecule has 0 aromatic rings. The molecular formula is C9H15NO3. The maximum atomic E-state index is 11.6. The summed E-state index contributed by atoms with van der Waals surface area (Å²) in [6.07, 6.45) is 2.96. The second-order valence-electron chi connectivity index (χ2n) is 3.88. The minimum absolute atomic E-state index is 0.00468. The van der Waals surface area contributed by atoms with Crippen molar-refractivity contribution in [3.8, 4) is 0 Å². The third kappa shape index (κ3) is 1.09. The Morgan fingerprint density at radius 2 is 2.46 bits per heavy atom. The molecule has 0 aromatic carbocycles. The van der Waals surface area contributed by atoms with Gasteiger partial charge in [-0.3, -0.25) is 4.79 Å². The van der Waals surface area contributed by atoms with E-state index >= 15 is 0 Å². The average Bonchev–Trinajstić information content (AvgIpc) is 2.75. The number of nitrogens with two attached hydrogens (primary N) is 1. The molecule has 2 aliphatic heterocycles. The third-order valence-corrected chi connectivity index (χ3v) is 3.27. The molecule has 2 fully saturated rings. The number of esters is 1. The maximum Gasteiger partial charge on any atom is 0.315 e. The van der Waals surface area contributed by atoms with E-state index < -0.39 is 5.41 Å². The van der Waals surface area contributed by atoms with Crippen LogP contribution in [0.3, 0.4) is 0 Å². The molecule has 0 saturated carbocycles. The summed E-state index contributed by atoms with van der Waals surface area (Å²) in [6.45, 7) is 0.334. The van der Waals surface area contributed by atoms with E-state index in [4.69, 9.17) is 15.2 Å². The summed E-state index contributed by atoms with van der Waals surface area (Å²) >= 11 is 0. The lowest BCUT2D eigenvalue weighted by molar-refractivity contribution is -0.155. The zero-order valence-electron chi connectivity index (χ0n) is 7.79. The largest absolute Gasteiger partial charge is 0.468 e. The molecule has 0 radical (unpaired) electrons. The number of fused-ring (bicyclic) bond motifs is 2. The van der Waals surface area contributed by atoms with E-state index in [1.165, 1.54) is 7.11 Å². The SMILES string of the molecule is COC(=O)[C@]1(CN)C[C@@H]2CC[C@H]1O2. The quantitative estimate of drug-likeness (QED) is 0.618. The van der Waals surface area contributed by atoms with Crippen LogP contribution in [0.2, 0.25) is 0 Å². The Kier molecular flexibility index (Phi) is 2.04. The van der Waals surface area contributed by atoms with Gasteiger partial charge in [-0.05, 0) is 19.3 Å². The molecular weight excluding hydrogens is 170 g/mol. The summed E-state index contributed by atoms with van der Waals surface area (Å²) in [6, 6.07) is 0. The second kappa shape index (κ2) is 2.96. The molecule has 4 heteroatoms. The van der Waals surface area contributed by atoms with Gasteiger partial charge in [0.2, 0.25) is 0 Å². The average molecular weight is 185 g/mol. The summed E-state index contributed by atoms with van der Waals surface area (Å²) in [5.41, 5.74) is 5.11. The summed E-state index contributed by atoms with van der Waals surface area (Å²) in [5, 5.41) is 0. The second-order valence-corrected chi connectivity index (χ2v) is 3.88. The molecule has 4 nitrogen and oxygen atoms in total. The highest BCUT2D eigenvalue weighted by Gasteiger charge is 2.57. The standard InChI is InChI=1S/C9H15NO3/c1-12-8(11)9(5-10)4-6-2-3-7(9)13-6/h6-7H,2-5,10H2,1H3/t6-,7+,9-/m0/s1. The number of hydrogen-bond donors (Lipinski definition) is 1. The van der Waals surface area contributed by atoms with E-state index in [2.05, 4.69) is 0 Å². The van der Waals surface area contributed by atoms with E-state index in [0.29, 0.717) is 6.54 Å². The first-order chi connectivity index (χ1) is 6.23. The molecule has 0 aliphatic carbocycles. The number of methoxy groups -OCH3 is 1. The van der Waals surface area contributed by atoms with Gasteiger partial charge in [0, 0.05) is 6.54 Å². The van der Waals surface area contributed by atoms with Gasteiger partial charge in [0.25, 0.3) is 0 Å². The Morgan fingerprint density at radius 3 is 2.85 bits per heavy atom. The molecule has 0 amide bonds. The van der Waals surface area contributed by atoms with Gasteiger partial charge < -0.3 is 15.2 Å². The molecule has 2 bridgehead atoms. The van der Waals surface area contributed by atoms with Crippen LogP contribution < -0.4 is 5.73 Å². The van der Waals surface area contributed by atoms with Gasteiger partial charge in [0.15, 0.2) is 0 Å². The first-order valence-corrected chi connectivity index (χ1v) is 4.67. The number of carbonyl (C=O) groups is 1. The first-order valence-electron chi connectivity index (χ1n) is 4.67. The fourth-order valence-electron chi connectivity index (χ4n) is 2.52. The summed E-state index contributed by atoms with van der Waals surface area (Å²) in [5.74, 6) is -0.206. The zero-order chi connectivity index (χ0) is 9.47. The van der Waals surface area contributed by atoms with Crippen LogP contribution >= 0.6 is 0 Å². The molecule has 2 aliphatic rings. The molecule has 74 valence electrons. The fraction of sp³-hybridized carbons (Fsp3) is 0.889. The molecule has 3 atom stereocenters. The molecule has 0 aromatic heterocycles. The predicted molar refractivity (Wildman–Crippen MR) is 46.0 cm³/mol. The van der Waals surface area contributed by atoms with Crippen molar-refractivity contribution in [3.05, 3.63) is 0 Å². The van der Waals surface area contributed by atoms with Crippen LogP contribution in [0.4, 0.5) is 0 Å². The van der Waals surface area contributed by atoms with Gasteiger partial charge >= 0.3 is 5.97 Å². The Labute approximate surface area is 77.4 Å². The van der Waals surface area contributed by atoms with Crippen molar-refractivity contribution in [2.75, 3.05) is 13.7 Å². The molecule has 2 saturated heterocycles. The maximum absolute atomic E-state index is 11.6. The van der Waals surface area contributed by atoms with Crippen LogP contribution in [0.1, 0.15) is 19.3 Å². The lowest BCUT2D eigenvalue weighted by Gasteiger charge is -2.30. The predicted octanol–water partition coefficient (Wildman–Crippen LogP) is 0.0558. The molecule has 13 heavy (non-hydrogen) atoms. The van der Waals surface area contributed by atoms with E-state index in [0.717, 1.165) is 19.3 Å². The highest BCUT2D eigenvalue weighted by molar-refractivity contribution is 5.78. The summed E-state index contributed by atoms with van der Waals surface area (Å²) in [4.78, 5) is 11.6. The zero-order valence-corrected chi connectivity index (χ0v) is 7.79. The van der Waals surface area contributed by atoms with Crippen molar-refractivity contribution in [2.45, 2.75) is 31.5 Å². The van der Waals surface area contributed by atoms with Gasteiger partial charge in [-0.2, -0.15) is 0 Å². The lowest BCUT2D eigenvalue weighted by Crippen LogP contribution is -2.46. The van der Waals surface area contributed by atoms with Gasteiger partial charge in [-0.25, -0.2) is 0 Å². The van der Waals surface area contributed by atoms with Crippen molar-refractivity contribution in [3.63, 3.8) is 0 Å². The van der Waals surface area contributed by atoms with Crippen LogP contribution in [-0.2, 0) is 14.3 Å². The van der Waals surface area contributed by atoms with Crippen LogP contribution in [0, 0.1) is 5.41 Å². The molecule has 2 rings (SSSR count). The van der Waals surface area contributed by atoms with Crippen LogP contribution in [0.15, 0.2) is 0 Å². The topological polar surface area (TPSA) is 61.5 Å². The Hall–Kier alpha value is -0.610. The van der Waals surface area contributed by atoms with Crippen molar-refractivity contribution in [1.82, 2.24) is 0 Å². The van der Waals surface area contributed by atoms with Gasteiger partial charge in [-0.15, -0.1) is 0 Å². The summed E-state index contributed by atoms with van der Waals surface area (Å²) in [7, 11) is 1.41. The van der Waals surface area contributed by atoms with E-state index in [1.807, 2.05) is 0 Å². The highest BCUT2D eigenvalue weighted by Crippen LogP contribution is 2.47. The molecule has 2 N–H and O–H groups in total. The van der Waals surface area contributed by atoms with Crippen LogP contribution in [0.5, 0.6) is 0 Å². The van der Waals surface area contributed by atoms with Gasteiger partial charge in [0.1, 0.15) is 5.41 Å². The van der Waals surface area contributed by atoms with Crippen LogP contribution in [-0.4, -0.2) is 31.8 Å². The van der Waals surface area contributed by atoms with Gasteiger partial charge in [-0.1, -0.05) is 0 Å². The monoisotopic (exact) mass is 185 g/mol. The molecule has 0 spiro atoms. The Morgan fingerprint density at radius 1 is 1.69 bits per heavy atom. The van der Waals surface area contributed by atoms with E-state index in [-0.39, 0.29) is 18.2 Å². The van der Waals surface area contributed by atoms with Crippen molar-refractivity contribution in [2.24, 2.45) is 11.1 Å². The smallest absolute Gasteiger partial charge is 0.315 e. The van der Waals surface area contributed by atoms with E-state index in [1.54, 1.807) is 0 Å². The van der Waals surface area contributed by atoms with Gasteiger partial charge in [0.05, 0.1) is 19.3 Å². The van der Waals surface area contributed by atoms with Crippen molar-refractivity contribution < 1.29 is 14.3 Å². The number of hydrogen-bond acceptors (Lipinski definition) is 4.